The quantitative estimate of drug-likeness (QED) is 0.809. The fraction of sp³-hybridized carbons (Fsp3) is 0.308. The molecule has 0 aliphatic rings. The number of carbonyl (C=O) groups is 1. The Morgan fingerprint density at radius 2 is 2.45 bits per heavy atom. The van der Waals surface area contributed by atoms with E-state index >= 15 is 0 Å². The molecule has 2 aromatic rings. The van der Waals surface area contributed by atoms with E-state index in [2.05, 4.69) is 27.3 Å². The molecule has 1 amide bonds. The van der Waals surface area contributed by atoms with Crippen molar-refractivity contribution in [2.24, 2.45) is 5.73 Å². The molecule has 104 valence electrons. The average molecular weight is 290 g/mol. The van der Waals surface area contributed by atoms with Crippen molar-refractivity contribution in [1.29, 1.82) is 0 Å². The van der Waals surface area contributed by atoms with E-state index in [1.165, 1.54) is 17.7 Å². The van der Waals surface area contributed by atoms with Crippen LogP contribution in [-0.4, -0.2) is 29.1 Å². The van der Waals surface area contributed by atoms with Crippen LogP contribution in [0.15, 0.2) is 16.9 Å². The zero-order valence-electron chi connectivity index (χ0n) is 11.0. The second-order valence-corrected chi connectivity index (χ2v) is 5.02. The molecule has 3 N–H and O–H groups in total. The van der Waals surface area contributed by atoms with Crippen LogP contribution >= 0.6 is 11.3 Å². The first-order chi connectivity index (χ1) is 9.70. The predicted octanol–water partition coefficient (Wildman–Crippen LogP) is 0.722. The molecule has 0 saturated carbocycles. The highest BCUT2D eigenvalue weighted by atomic mass is 32.1. The summed E-state index contributed by atoms with van der Waals surface area (Å²) in [7, 11) is 0. The summed E-state index contributed by atoms with van der Waals surface area (Å²) in [5.41, 5.74) is 6.32. The Morgan fingerprint density at radius 3 is 3.15 bits per heavy atom. The van der Waals surface area contributed by atoms with Crippen LogP contribution < -0.4 is 11.1 Å². The van der Waals surface area contributed by atoms with E-state index in [1.54, 1.807) is 0 Å². The van der Waals surface area contributed by atoms with Gasteiger partial charge >= 0.3 is 0 Å². The summed E-state index contributed by atoms with van der Waals surface area (Å²) in [6.45, 7) is 2.68. The van der Waals surface area contributed by atoms with Crippen LogP contribution in [0, 0.1) is 18.8 Å². The van der Waals surface area contributed by atoms with Gasteiger partial charge in [-0.05, 0) is 18.6 Å². The molecule has 2 rings (SSSR count). The number of aryl methyl sites for hydroxylation is 1. The van der Waals surface area contributed by atoms with E-state index in [0.29, 0.717) is 30.3 Å². The number of nitrogens with zero attached hydrogens (tertiary/aromatic N) is 2. The standard InChI is InChI=1S/C13H14N4O2S/c1-9-7-11(20-10(9)3-2-5-14)13(18)15-6-4-12-16-8-17-19-12/h7-8H,4-6,14H2,1H3,(H,15,18). The second kappa shape index (κ2) is 6.84. The fourth-order valence-electron chi connectivity index (χ4n) is 1.53. The first-order valence-electron chi connectivity index (χ1n) is 6.04. The third-order valence-corrected chi connectivity index (χ3v) is 3.63. The van der Waals surface area contributed by atoms with Crippen LogP contribution in [0.5, 0.6) is 0 Å². The van der Waals surface area contributed by atoms with Crippen molar-refractivity contribution in [3.63, 3.8) is 0 Å². The zero-order chi connectivity index (χ0) is 14.4. The molecule has 7 heteroatoms. The fourth-order valence-corrected chi connectivity index (χ4v) is 2.49. The van der Waals surface area contributed by atoms with Gasteiger partial charge in [-0.1, -0.05) is 17.0 Å². The molecule has 0 spiro atoms. The predicted molar refractivity (Wildman–Crippen MR) is 75.3 cm³/mol. The SMILES string of the molecule is Cc1cc(C(=O)NCCc2ncno2)sc1C#CCN. The second-order valence-electron chi connectivity index (χ2n) is 3.97. The van der Waals surface area contributed by atoms with Crippen LogP contribution in [0.3, 0.4) is 0 Å². The van der Waals surface area contributed by atoms with Crippen molar-refractivity contribution < 1.29 is 9.32 Å². The van der Waals surface area contributed by atoms with Crippen molar-refractivity contribution >= 4 is 17.2 Å². The number of thiophene rings is 1. The Balaban J connectivity index is 1.92. The van der Waals surface area contributed by atoms with Gasteiger partial charge in [-0.25, -0.2) is 0 Å². The Bertz CT molecular complexity index is 637. The maximum Gasteiger partial charge on any atom is 0.261 e. The van der Waals surface area contributed by atoms with Crippen LogP contribution in [-0.2, 0) is 6.42 Å². The topological polar surface area (TPSA) is 94.0 Å². The minimum atomic E-state index is -0.126. The third-order valence-electron chi connectivity index (χ3n) is 2.48. The molecule has 2 aromatic heterocycles. The molecular formula is C13H14N4O2S. The Kier molecular flexibility index (Phi) is 4.87. The number of rotatable bonds is 4. The van der Waals surface area contributed by atoms with Crippen molar-refractivity contribution in [3.8, 4) is 11.8 Å². The largest absolute Gasteiger partial charge is 0.351 e. The van der Waals surface area contributed by atoms with Gasteiger partial charge in [0.25, 0.3) is 5.91 Å². The van der Waals surface area contributed by atoms with Crippen molar-refractivity contribution in [2.45, 2.75) is 13.3 Å². The summed E-state index contributed by atoms with van der Waals surface area (Å²) in [4.78, 5) is 17.4. The Hall–Kier alpha value is -2.17. The normalized spacial score (nSPS) is 9.90. The van der Waals surface area contributed by atoms with Crippen LogP contribution in [0.1, 0.15) is 26.0 Å². The number of amides is 1. The van der Waals surface area contributed by atoms with E-state index in [-0.39, 0.29) is 5.91 Å². The molecular weight excluding hydrogens is 276 g/mol. The maximum atomic E-state index is 12.0. The highest BCUT2D eigenvalue weighted by Gasteiger charge is 2.11. The van der Waals surface area contributed by atoms with Crippen LogP contribution in [0.4, 0.5) is 0 Å². The lowest BCUT2D eigenvalue weighted by Crippen LogP contribution is -2.24. The van der Waals surface area contributed by atoms with Crippen LogP contribution in [0.2, 0.25) is 0 Å². The number of aromatic nitrogens is 2. The highest BCUT2D eigenvalue weighted by Crippen LogP contribution is 2.20. The van der Waals surface area contributed by atoms with E-state index in [4.69, 9.17) is 10.3 Å². The van der Waals surface area contributed by atoms with Gasteiger partial charge in [-0.3, -0.25) is 4.79 Å². The lowest BCUT2D eigenvalue weighted by atomic mass is 10.2. The summed E-state index contributed by atoms with van der Waals surface area (Å²) in [6, 6.07) is 1.83. The number of hydrogen-bond acceptors (Lipinski definition) is 6. The summed E-state index contributed by atoms with van der Waals surface area (Å²) < 4.78 is 4.85. The third kappa shape index (κ3) is 3.66. The average Bonchev–Trinajstić information content (AvgIpc) is 3.06. The zero-order valence-corrected chi connectivity index (χ0v) is 11.8. The molecule has 0 saturated heterocycles. The molecule has 0 bridgehead atoms. The van der Waals surface area contributed by atoms with Gasteiger partial charge in [0.2, 0.25) is 5.89 Å². The number of nitrogens with one attached hydrogen (secondary N) is 1. The van der Waals surface area contributed by atoms with Gasteiger partial charge in [0, 0.05) is 13.0 Å². The Labute approximate surface area is 120 Å². The monoisotopic (exact) mass is 290 g/mol. The van der Waals surface area contributed by atoms with Gasteiger partial charge in [0.15, 0.2) is 6.33 Å². The van der Waals surface area contributed by atoms with Gasteiger partial charge in [-0.2, -0.15) is 4.98 Å². The van der Waals surface area contributed by atoms with E-state index in [1.807, 2.05) is 13.0 Å². The minimum absolute atomic E-state index is 0.126. The minimum Gasteiger partial charge on any atom is -0.351 e. The summed E-state index contributed by atoms with van der Waals surface area (Å²) >= 11 is 1.36. The summed E-state index contributed by atoms with van der Waals surface area (Å²) in [5.74, 6) is 6.12. The Morgan fingerprint density at radius 1 is 1.60 bits per heavy atom. The first kappa shape index (κ1) is 14.2. The summed E-state index contributed by atoms with van der Waals surface area (Å²) in [6.07, 6.45) is 1.85. The maximum absolute atomic E-state index is 12.0. The van der Waals surface area contributed by atoms with Gasteiger partial charge in [0.05, 0.1) is 16.3 Å². The molecule has 0 atom stereocenters. The molecule has 0 aliphatic heterocycles. The molecule has 0 unspecified atom stereocenters. The molecule has 0 radical (unpaired) electrons. The van der Waals surface area contributed by atoms with Gasteiger partial charge in [0.1, 0.15) is 0 Å². The smallest absolute Gasteiger partial charge is 0.261 e. The number of nitrogens with two attached hydrogens (primary N) is 1. The number of carbonyl (C=O) groups excluding carboxylic acids is 1. The summed E-state index contributed by atoms with van der Waals surface area (Å²) in [5, 5.41) is 6.30. The van der Waals surface area contributed by atoms with Crippen molar-refractivity contribution in [2.75, 3.05) is 13.1 Å². The van der Waals surface area contributed by atoms with E-state index < -0.39 is 0 Å². The molecule has 0 aromatic carbocycles. The van der Waals surface area contributed by atoms with Crippen molar-refractivity contribution in [1.82, 2.24) is 15.5 Å². The molecule has 20 heavy (non-hydrogen) atoms. The first-order valence-corrected chi connectivity index (χ1v) is 6.85. The van der Waals surface area contributed by atoms with E-state index in [0.717, 1.165) is 10.4 Å². The molecule has 0 fully saturated rings. The van der Waals surface area contributed by atoms with Gasteiger partial charge < -0.3 is 15.6 Å². The lowest BCUT2D eigenvalue weighted by molar-refractivity contribution is 0.0957. The van der Waals surface area contributed by atoms with Gasteiger partial charge in [-0.15, -0.1) is 11.3 Å². The van der Waals surface area contributed by atoms with E-state index in [9.17, 15) is 4.79 Å². The van der Waals surface area contributed by atoms with Crippen molar-refractivity contribution in [3.05, 3.63) is 33.6 Å². The number of hydrogen-bond donors (Lipinski definition) is 2. The molecule has 2 heterocycles. The highest BCUT2D eigenvalue weighted by molar-refractivity contribution is 7.14. The molecule has 0 aliphatic carbocycles. The molecule has 6 nitrogen and oxygen atoms in total. The van der Waals surface area contributed by atoms with Crippen LogP contribution in [0.25, 0.3) is 0 Å². The lowest BCUT2D eigenvalue weighted by Gasteiger charge is -2.00.